The second kappa shape index (κ2) is 16.6. The largest absolute Gasteiger partial charge is 0.497 e. The Morgan fingerprint density at radius 1 is 0.931 bits per heavy atom. The van der Waals surface area contributed by atoms with Crippen LogP contribution in [0.5, 0.6) is 11.5 Å². The molecule has 5 atom stereocenters. The van der Waals surface area contributed by atoms with Gasteiger partial charge in [-0.25, -0.2) is 0 Å². The van der Waals surface area contributed by atoms with E-state index in [1.54, 1.807) is 35.2 Å². The van der Waals surface area contributed by atoms with Crippen molar-refractivity contribution in [3.63, 3.8) is 0 Å². The Labute approximate surface area is 340 Å². The van der Waals surface area contributed by atoms with Crippen LogP contribution in [0.1, 0.15) is 49.3 Å². The van der Waals surface area contributed by atoms with Gasteiger partial charge in [0.2, 0.25) is 5.91 Å². The van der Waals surface area contributed by atoms with Crippen molar-refractivity contribution in [2.24, 2.45) is 5.92 Å². The quantitative estimate of drug-likeness (QED) is 0.111. The van der Waals surface area contributed by atoms with E-state index in [-0.39, 0.29) is 54.1 Å². The Balaban J connectivity index is 1.34. The number of methoxy groups -OCH3 is 3. The van der Waals surface area contributed by atoms with Gasteiger partial charge in [-0.1, -0.05) is 61.6 Å². The maximum atomic E-state index is 15.3. The summed E-state index contributed by atoms with van der Waals surface area (Å²) < 4.78 is 24.5. The van der Waals surface area contributed by atoms with E-state index in [0.717, 1.165) is 22.1 Å². The summed E-state index contributed by atoms with van der Waals surface area (Å²) in [4.78, 5) is 59.0. The summed E-state index contributed by atoms with van der Waals surface area (Å²) in [5.74, 6) is -0.187. The highest BCUT2D eigenvalue weighted by Crippen LogP contribution is 2.60. The van der Waals surface area contributed by atoms with Crippen LogP contribution in [0.4, 0.5) is 5.69 Å². The highest BCUT2D eigenvalue weighted by molar-refractivity contribution is 6.91. The molecular weight excluding hydrogens is 755 g/mol. The van der Waals surface area contributed by atoms with Crippen LogP contribution in [0.3, 0.4) is 0 Å². The van der Waals surface area contributed by atoms with Crippen LogP contribution in [-0.2, 0) is 42.4 Å². The van der Waals surface area contributed by atoms with E-state index < -0.39 is 31.7 Å². The molecule has 0 saturated carbocycles. The van der Waals surface area contributed by atoms with Crippen LogP contribution >= 0.6 is 0 Å². The number of aliphatic hydroxyl groups is 1. The third-order valence-corrected chi connectivity index (χ3v) is 17.1. The summed E-state index contributed by atoms with van der Waals surface area (Å²) in [6, 6.07) is 24.5. The fourth-order valence-electron chi connectivity index (χ4n) is 9.68. The summed E-state index contributed by atoms with van der Waals surface area (Å²) in [6.07, 6.45) is 2.85. The molecular formula is C45H53N3O9Si. The minimum atomic E-state index is -2.62. The van der Waals surface area contributed by atoms with Gasteiger partial charge in [-0.15, -0.1) is 0 Å². The van der Waals surface area contributed by atoms with Gasteiger partial charge < -0.3 is 33.9 Å². The molecule has 1 spiro atoms. The molecule has 3 aromatic carbocycles. The maximum Gasteiger partial charge on any atom is 0.305 e. The van der Waals surface area contributed by atoms with Crippen LogP contribution in [-0.4, -0.2) is 87.1 Å². The Morgan fingerprint density at radius 3 is 2.36 bits per heavy atom. The first-order valence-corrected chi connectivity index (χ1v) is 23.1. The van der Waals surface area contributed by atoms with E-state index in [1.807, 2.05) is 54.6 Å². The Bertz CT molecular complexity index is 2240. The molecule has 1 N–H and O–H groups in total. The van der Waals surface area contributed by atoms with Crippen LogP contribution in [0.15, 0.2) is 89.9 Å². The summed E-state index contributed by atoms with van der Waals surface area (Å²) in [6.45, 7) is 7.12. The van der Waals surface area contributed by atoms with Gasteiger partial charge in [-0.2, -0.15) is 0 Å². The average molecular weight is 808 g/mol. The van der Waals surface area contributed by atoms with Gasteiger partial charge in [0.1, 0.15) is 5.75 Å². The lowest BCUT2D eigenvalue weighted by Crippen LogP contribution is -2.52. The number of amides is 2. The molecule has 3 aliphatic rings. The minimum Gasteiger partial charge on any atom is -0.497 e. The molecule has 58 heavy (non-hydrogen) atoms. The average Bonchev–Trinajstić information content (AvgIpc) is 3.66. The number of pyridine rings is 1. The Morgan fingerprint density at radius 2 is 1.67 bits per heavy atom. The first-order chi connectivity index (χ1) is 27.9. The van der Waals surface area contributed by atoms with Gasteiger partial charge in [-0.05, 0) is 78.4 Å². The summed E-state index contributed by atoms with van der Waals surface area (Å²) >= 11 is 0. The number of fused-ring (bicyclic) bond motifs is 3. The van der Waals surface area contributed by atoms with Crippen molar-refractivity contribution in [1.29, 1.82) is 0 Å². The predicted octanol–water partition coefficient (Wildman–Crippen LogP) is 5.10. The molecule has 3 aliphatic heterocycles. The molecule has 1 aromatic heterocycles. The van der Waals surface area contributed by atoms with Gasteiger partial charge in [-0.3, -0.25) is 23.7 Å². The van der Waals surface area contributed by atoms with Crippen molar-refractivity contribution in [1.82, 2.24) is 9.47 Å². The number of ether oxygens (including phenoxy) is 4. The number of unbranched alkanes of at least 4 members (excludes halogenated alkanes) is 1. The molecule has 0 radical (unpaired) electrons. The first kappa shape index (κ1) is 40.9. The number of nitrogens with zero attached hydrogens (tertiary/aromatic N) is 3. The molecule has 0 unspecified atom stereocenters. The second-order valence-corrected chi connectivity index (χ2v) is 20.8. The topological polar surface area (TPSA) is 137 Å². The number of esters is 1. The predicted molar refractivity (Wildman–Crippen MR) is 223 cm³/mol. The van der Waals surface area contributed by atoms with Crippen LogP contribution in [0, 0.1) is 5.92 Å². The molecule has 0 aliphatic carbocycles. The number of rotatable bonds is 13. The summed E-state index contributed by atoms with van der Waals surface area (Å²) in [5.41, 5.74) is 1.93. The third-order valence-electron chi connectivity index (χ3n) is 12.7. The van der Waals surface area contributed by atoms with Crippen molar-refractivity contribution < 1.29 is 38.4 Å². The second-order valence-electron chi connectivity index (χ2n) is 16.1. The normalized spacial score (nSPS) is 22.5. The smallest absolute Gasteiger partial charge is 0.305 e. The zero-order valence-corrected chi connectivity index (χ0v) is 35.1. The monoisotopic (exact) mass is 807 g/mol. The van der Waals surface area contributed by atoms with Gasteiger partial charge in [0.05, 0.1) is 60.3 Å². The van der Waals surface area contributed by atoms with Gasteiger partial charge in [0.25, 0.3) is 11.5 Å². The number of carbonyl (C=O) groups is 3. The van der Waals surface area contributed by atoms with E-state index in [0.29, 0.717) is 49.3 Å². The van der Waals surface area contributed by atoms with Crippen molar-refractivity contribution in [3.05, 3.63) is 112 Å². The summed E-state index contributed by atoms with van der Waals surface area (Å²) in [7, 11) is 1.83. The number of hydrogen-bond donors (Lipinski definition) is 1. The standard InChI is InChI=1S/C45H53N3O9Si/c1-29-42(58(5,6)35-19-17-34(54-2)18-20-35)39(26-40(50)48-27-31-13-8-7-12-30(31)24-33(48)28-49)57-45(29)36-25-32(46-23-11-14-38(55-3)43(46)52)16-21-37(36)47(44(45)53)22-10-9-15-41(51)56-4/h7-8,11-14,16-21,23,25,29,33,39,42,49H,9-10,15,22,24,26-28H2,1-6H3/t29-,33-,39+,42-,45+/m0/s1. The number of hydrogen-bond acceptors (Lipinski definition) is 9. The SMILES string of the molecule is COC(=O)CCCCN1C(=O)[C@]2(O[C@H](CC(=O)N3Cc4ccccc4C[C@H]3CO)[C@@H]([Si](C)(C)c3ccc(OC)cc3)[C@@H]2C)c2cc(-n3cccc(OC)c3=O)ccc21. The lowest BCUT2D eigenvalue weighted by atomic mass is 9.82. The Hall–Kier alpha value is -5.24. The minimum absolute atomic E-state index is 0.0127. The number of carbonyl (C=O) groups excluding carboxylic acids is 3. The van der Waals surface area contributed by atoms with Gasteiger partial charge in [0.15, 0.2) is 11.4 Å². The van der Waals surface area contributed by atoms with E-state index >= 15 is 4.79 Å². The number of anilines is 1. The zero-order valence-electron chi connectivity index (χ0n) is 34.1. The highest BCUT2D eigenvalue weighted by Gasteiger charge is 2.66. The molecule has 2 amide bonds. The van der Waals surface area contributed by atoms with Crippen LogP contribution < -0.4 is 25.1 Å². The van der Waals surface area contributed by atoms with Crippen LogP contribution in [0.25, 0.3) is 5.69 Å². The molecule has 306 valence electrons. The molecule has 4 aromatic rings. The van der Waals surface area contributed by atoms with Gasteiger partial charge >= 0.3 is 5.97 Å². The fraction of sp³-hybridized carbons (Fsp3) is 0.422. The Kier molecular flexibility index (Phi) is 11.7. The molecule has 7 rings (SSSR count). The molecule has 1 saturated heterocycles. The van der Waals surface area contributed by atoms with Crippen molar-refractivity contribution >= 4 is 36.7 Å². The van der Waals surface area contributed by atoms with E-state index in [9.17, 15) is 19.5 Å². The lowest BCUT2D eigenvalue weighted by molar-refractivity contribution is -0.151. The van der Waals surface area contributed by atoms with Crippen LogP contribution in [0.2, 0.25) is 18.6 Å². The molecule has 0 bridgehead atoms. The maximum absolute atomic E-state index is 15.3. The van der Waals surface area contributed by atoms with Gasteiger partial charge in [0, 0.05) is 42.9 Å². The number of aliphatic hydroxyl groups excluding tert-OH is 1. The first-order valence-electron chi connectivity index (χ1n) is 20.0. The molecule has 4 heterocycles. The zero-order chi connectivity index (χ0) is 41.4. The van der Waals surface area contributed by atoms with Crippen molar-refractivity contribution in [2.45, 2.75) is 82.0 Å². The molecule has 13 heteroatoms. The lowest BCUT2D eigenvalue weighted by Gasteiger charge is -2.39. The van der Waals surface area contributed by atoms with E-state index in [2.05, 4.69) is 32.2 Å². The van der Waals surface area contributed by atoms with Crippen molar-refractivity contribution in [2.75, 3.05) is 39.4 Å². The number of benzene rings is 3. The fourth-order valence-corrected chi connectivity index (χ4v) is 13.7. The summed E-state index contributed by atoms with van der Waals surface area (Å²) in [5, 5.41) is 11.7. The third kappa shape index (κ3) is 7.13. The van der Waals surface area contributed by atoms with E-state index in [1.165, 1.54) is 18.8 Å². The van der Waals surface area contributed by atoms with E-state index in [4.69, 9.17) is 18.9 Å². The molecule has 1 fully saturated rings. The molecule has 12 nitrogen and oxygen atoms in total. The number of aromatic nitrogens is 1. The van der Waals surface area contributed by atoms with Crippen molar-refractivity contribution in [3.8, 4) is 17.2 Å². The highest BCUT2D eigenvalue weighted by atomic mass is 28.3.